The number of benzene rings is 2. The van der Waals surface area contributed by atoms with Gasteiger partial charge in [0.05, 0.1) is 13.7 Å². The number of fused-ring (bicyclic) bond motifs is 5. The summed E-state index contributed by atoms with van der Waals surface area (Å²) in [5.74, 6) is -1.77. The van der Waals surface area contributed by atoms with Crippen LogP contribution >= 0.6 is 0 Å². The summed E-state index contributed by atoms with van der Waals surface area (Å²) < 4.78 is 65.5. The number of ether oxygens (including phenoxy) is 4. The Morgan fingerprint density at radius 2 is 1.77 bits per heavy atom. The van der Waals surface area contributed by atoms with E-state index >= 15 is 0 Å². The minimum absolute atomic E-state index is 0. The van der Waals surface area contributed by atoms with Crippen LogP contribution in [0.2, 0.25) is 0 Å². The fourth-order valence-electron chi connectivity index (χ4n) is 5.68. The minimum Gasteiger partial charge on any atom is -1.00 e. The van der Waals surface area contributed by atoms with Crippen molar-refractivity contribution in [2.45, 2.75) is 38.7 Å². The number of methoxy groups -OCH3 is 1. The molecule has 0 bridgehead atoms. The van der Waals surface area contributed by atoms with Crippen LogP contribution in [0.5, 0.6) is 11.5 Å². The maximum absolute atomic E-state index is 14.2. The molecule has 3 aliphatic heterocycles. The van der Waals surface area contributed by atoms with Crippen molar-refractivity contribution < 1.29 is 61.0 Å². The zero-order valence-corrected chi connectivity index (χ0v) is 23.9. The average Bonchev–Trinajstić information content (AvgIpc) is 3.37. The molecule has 5 nitrogen and oxygen atoms in total. The summed E-state index contributed by atoms with van der Waals surface area (Å²) in [6, 6.07) is 6.15. The number of unbranched alkanes of at least 4 members (excludes halogenated alkanes) is 1. The van der Waals surface area contributed by atoms with Gasteiger partial charge in [0.1, 0.15) is 23.8 Å². The zero-order chi connectivity index (χ0) is 26.4. The van der Waals surface area contributed by atoms with E-state index in [4.69, 9.17) is 18.9 Å². The smallest absolute Gasteiger partial charge is 0.231 e. The first-order valence-electron chi connectivity index (χ1n) is 12.9. The maximum Gasteiger partial charge on any atom is 0.231 e. The highest BCUT2D eigenvalue weighted by Crippen LogP contribution is 2.42. The number of allylic oxidation sites excluding steroid dienone is 3. The molecular weight excluding hydrogens is 622 g/mol. The summed E-state index contributed by atoms with van der Waals surface area (Å²) in [7, 11) is 1.63. The lowest BCUT2D eigenvalue weighted by molar-refractivity contribution is -0.771. The van der Waals surface area contributed by atoms with E-state index in [1.165, 1.54) is 0 Å². The van der Waals surface area contributed by atoms with Gasteiger partial charge in [0, 0.05) is 36.2 Å². The number of hydrogen-bond donors (Lipinski definition) is 1. The Labute approximate surface area is 242 Å². The van der Waals surface area contributed by atoms with Crippen LogP contribution in [-0.2, 0) is 22.3 Å². The van der Waals surface area contributed by atoms with Crippen LogP contribution in [0, 0.1) is 17.5 Å². The second-order valence-corrected chi connectivity index (χ2v) is 9.85. The predicted octanol–water partition coefficient (Wildman–Crippen LogP) is 1.78. The molecule has 3 heterocycles. The first-order valence-corrected chi connectivity index (χ1v) is 12.9. The van der Waals surface area contributed by atoms with Gasteiger partial charge in [-0.25, -0.2) is 13.2 Å². The van der Waals surface area contributed by atoms with E-state index in [0.29, 0.717) is 23.7 Å². The Morgan fingerprint density at radius 3 is 2.49 bits per heavy atom. The van der Waals surface area contributed by atoms with Gasteiger partial charge in [-0.3, -0.25) is 4.90 Å². The molecule has 6 rings (SSSR count). The van der Waals surface area contributed by atoms with E-state index < -0.39 is 23.6 Å². The van der Waals surface area contributed by atoms with Gasteiger partial charge in [0.25, 0.3) is 0 Å². The lowest BCUT2D eigenvalue weighted by Crippen LogP contribution is -3.06. The molecular formula is C30H29F3INO4. The minimum atomic E-state index is -1.47. The number of hydrogen-bond acceptors (Lipinski definition) is 4. The highest BCUT2D eigenvalue weighted by Gasteiger charge is 2.40. The number of quaternary nitrogens is 1. The Morgan fingerprint density at radius 1 is 1.03 bits per heavy atom. The molecule has 1 N–H and O–H groups in total. The highest BCUT2D eigenvalue weighted by atomic mass is 127. The van der Waals surface area contributed by atoms with Crippen molar-refractivity contribution in [3.8, 4) is 11.5 Å². The predicted molar refractivity (Wildman–Crippen MR) is 135 cm³/mol. The van der Waals surface area contributed by atoms with Crippen molar-refractivity contribution in [1.82, 2.24) is 0 Å². The van der Waals surface area contributed by atoms with E-state index in [9.17, 15) is 13.2 Å². The van der Waals surface area contributed by atoms with Crippen molar-refractivity contribution in [2.75, 3.05) is 27.1 Å². The third-order valence-electron chi connectivity index (χ3n) is 7.52. The molecule has 2 atom stereocenters. The van der Waals surface area contributed by atoms with E-state index in [0.717, 1.165) is 82.1 Å². The van der Waals surface area contributed by atoms with E-state index in [1.807, 2.05) is 24.3 Å². The number of halogens is 4. The molecule has 0 amide bonds. The van der Waals surface area contributed by atoms with Crippen molar-refractivity contribution in [1.29, 1.82) is 0 Å². The SMILES string of the molecule is CCCCOC1C(OC)=CC=C2C1=C[NH+]1CCc3cc4c(cc3C1=C2Cc1cc(F)c(F)c(F)c1)OCO4.[I-]. The Kier molecular flexibility index (Phi) is 8.11. The normalized spacial score (nSPS) is 20.7. The Bertz CT molecular complexity index is 1410. The van der Waals surface area contributed by atoms with Gasteiger partial charge in [-0.15, -0.1) is 0 Å². The molecule has 4 aliphatic rings. The summed E-state index contributed by atoms with van der Waals surface area (Å²) >= 11 is 0. The molecule has 9 heteroatoms. The number of rotatable bonds is 7. The lowest BCUT2D eigenvalue weighted by atomic mass is 9.79. The van der Waals surface area contributed by atoms with Gasteiger partial charge >= 0.3 is 0 Å². The Balaban J connectivity index is 0.00000308. The summed E-state index contributed by atoms with van der Waals surface area (Å²) in [6.45, 7) is 3.64. The fraction of sp³-hybridized carbons (Fsp3) is 0.333. The standard InChI is InChI=1S/C30H28F3NO4.HI/c1-3-4-9-36-30-22-15-34-8-7-18-13-26-27(38-16-37-26)14-20(18)29(34)21(19(22)5-6-25(30)35-2)10-17-11-23(31)28(33)24(32)12-17;/h5-6,11-15,30H,3-4,7-10,16H2,1-2H3;1H. The van der Waals surface area contributed by atoms with Crippen molar-refractivity contribution >= 4 is 5.70 Å². The Hall–Kier alpha value is -2.76. The average molecular weight is 651 g/mol. The van der Waals surface area contributed by atoms with Crippen LogP contribution in [0.1, 0.15) is 36.5 Å². The summed E-state index contributed by atoms with van der Waals surface area (Å²) in [6.07, 6.45) is 8.59. The van der Waals surface area contributed by atoms with Crippen molar-refractivity contribution in [3.63, 3.8) is 0 Å². The van der Waals surface area contributed by atoms with Gasteiger partial charge in [0.2, 0.25) is 6.79 Å². The molecule has 0 spiro atoms. The zero-order valence-electron chi connectivity index (χ0n) is 21.7. The monoisotopic (exact) mass is 651 g/mol. The molecule has 2 aromatic rings. The highest BCUT2D eigenvalue weighted by molar-refractivity contribution is 5.77. The molecule has 0 saturated carbocycles. The van der Waals surface area contributed by atoms with Gasteiger partial charge in [-0.05, 0) is 53.5 Å². The van der Waals surface area contributed by atoms with E-state index in [-0.39, 0.29) is 37.2 Å². The molecule has 0 aromatic heterocycles. The maximum atomic E-state index is 14.2. The largest absolute Gasteiger partial charge is 1.00 e. The van der Waals surface area contributed by atoms with Crippen LogP contribution < -0.4 is 38.4 Å². The first kappa shape index (κ1) is 27.8. The van der Waals surface area contributed by atoms with Crippen LogP contribution in [0.15, 0.2) is 65.1 Å². The second-order valence-electron chi connectivity index (χ2n) is 9.85. The van der Waals surface area contributed by atoms with Crippen LogP contribution in [-0.4, -0.2) is 33.2 Å². The summed E-state index contributed by atoms with van der Waals surface area (Å²) in [5.41, 5.74) is 6.27. The fourth-order valence-corrected chi connectivity index (χ4v) is 5.68. The molecule has 2 aromatic carbocycles. The third-order valence-corrected chi connectivity index (χ3v) is 7.52. The third kappa shape index (κ3) is 5.00. The molecule has 0 radical (unpaired) electrons. The summed E-state index contributed by atoms with van der Waals surface area (Å²) in [4.78, 5) is 1.11. The topological polar surface area (TPSA) is 41.4 Å². The molecule has 1 aliphatic carbocycles. The van der Waals surface area contributed by atoms with Gasteiger partial charge < -0.3 is 42.9 Å². The van der Waals surface area contributed by atoms with Crippen molar-refractivity contribution in [2.24, 2.45) is 0 Å². The van der Waals surface area contributed by atoms with Crippen LogP contribution in [0.25, 0.3) is 5.70 Å². The first-order chi connectivity index (χ1) is 18.5. The van der Waals surface area contributed by atoms with Crippen LogP contribution in [0.4, 0.5) is 13.2 Å². The molecule has 39 heavy (non-hydrogen) atoms. The summed E-state index contributed by atoms with van der Waals surface area (Å²) in [5, 5.41) is 0. The van der Waals surface area contributed by atoms with Gasteiger partial charge in [-0.1, -0.05) is 19.4 Å². The molecule has 0 saturated heterocycles. The quantitative estimate of drug-likeness (QED) is 0.282. The van der Waals surface area contributed by atoms with Gasteiger partial charge in [-0.2, -0.15) is 0 Å². The molecule has 0 fully saturated rings. The van der Waals surface area contributed by atoms with Crippen molar-refractivity contribution in [3.05, 3.63) is 99.2 Å². The van der Waals surface area contributed by atoms with E-state index in [1.54, 1.807) is 7.11 Å². The molecule has 206 valence electrons. The lowest BCUT2D eigenvalue weighted by Gasteiger charge is -2.36. The number of nitrogens with one attached hydrogen (secondary N) is 1. The van der Waals surface area contributed by atoms with Crippen LogP contribution in [0.3, 0.4) is 0 Å². The molecule has 2 unspecified atom stereocenters. The second kappa shape index (κ2) is 11.4. The van der Waals surface area contributed by atoms with E-state index in [2.05, 4.69) is 13.1 Å². The van der Waals surface area contributed by atoms with Gasteiger partial charge in [0.15, 0.2) is 29.0 Å².